The minimum Gasteiger partial charge on any atom is -0.339 e. The number of carbonyl (C=O) groups excluding carboxylic acids is 4. The number of allylic oxidation sites excluding steroid dienone is 1. The first-order valence-corrected chi connectivity index (χ1v) is 13.2. The van der Waals surface area contributed by atoms with E-state index in [0.29, 0.717) is 53.4 Å². The van der Waals surface area contributed by atoms with Crippen LogP contribution in [0.25, 0.3) is 0 Å². The van der Waals surface area contributed by atoms with E-state index in [1.54, 1.807) is 47.9 Å². The van der Waals surface area contributed by atoms with E-state index in [-0.39, 0.29) is 17.7 Å². The molecule has 2 rings (SSSR count). The van der Waals surface area contributed by atoms with E-state index in [4.69, 9.17) is 6.42 Å². The van der Waals surface area contributed by atoms with Crippen molar-refractivity contribution in [3.05, 3.63) is 40.3 Å². The van der Waals surface area contributed by atoms with E-state index in [1.807, 2.05) is 6.92 Å². The van der Waals surface area contributed by atoms with Crippen LogP contribution in [-0.4, -0.2) is 69.8 Å². The maximum Gasteiger partial charge on any atom is 0.258 e. The molecule has 1 aliphatic heterocycles. The molecule has 10 heteroatoms. The lowest BCUT2D eigenvalue weighted by Gasteiger charge is -2.34. The summed E-state index contributed by atoms with van der Waals surface area (Å²) < 4.78 is 0.514. The number of benzene rings is 1. The minimum absolute atomic E-state index is 0.00850. The predicted molar refractivity (Wildman–Crippen MR) is 143 cm³/mol. The van der Waals surface area contributed by atoms with Crippen molar-refractivity contribution in [3.8, 4) is 12.3 Å². The first-order valence-electron chi connectivity index (χ1n) is 11.1. The number of amides is 4. The number of terminal acetylenes is 1. The van der Waals surface area contributed by atoms with E-state index in [9.17, 15) is 19.2 Å². The van der Waals surface area contributed by atoms with Crippen LogP contribution in [-0.2, 0) is 14.4 Å². The second-order valence-electron chi connectivity index (χ2n) is 8.59. The van der Waals surface area contributed by atoms with Crippen LogP contribution < -0.4 is 10.6 Å². The van der Waals surface area contributed by atoms with Crippen molar-refractivity contribution in [3.63, 3.8) is 0 Å². The molecule has 0 saturated carbocycles. The van der Waals surface area contributed by atoms with Gasteiger partial charge < -0.3 is 20.4 Å². The van der Waals surface area contributed by atoms with Gasteiger partial charge in [0.25, 0.3) is 11.8 Å². The quantitative estimate of drug-likeness (QED) is 0.288. The number of piperazine rings is 1. The van der Waals surface area contributed by atoms with Crippen molar-refractivity contribution >= 4 is 57.0 Å². The fraction of sp³-hybridized carbons (Fsp3) is 0.440. The average molecular weight is 564 g/mol. The second kappa shape index (κ2) is 12.8. The summed E-state index contributed by atoms with van der Waals surface area (Å²) in [4.78, 5) is 54.0. The van der Waals surface area contributed by atoms with Crippen LogP contribution in [0.15, 0.2) is 29.2 Å². The smallest absolute Gasteiger partial charge is 0.258 e. The molecule has 188 valence electrons. The summed E-state index contributed by atoms with van der Waals surface area (Å²) >= 11 is 4.57. The van der Waals surface area contributed by atoms with Gasteiger partial charge in [-0.1, -0.05) is 22.0 Å². The highest BCUT2D eigenvalue weighted by atomic mass is 79.9. The third-order valence-corrected chi connectivity index (χ3v) is 7.02. The molecule has 1 fully saturated rings. The first-order chi connectivity index (χ1) is 16.5. The molecule has 1 saturated heterocycles. The number of halogens is 1. The Morgan fingerprint density at radius 3 is 2.34 bits per heavy atom. The largest absolute Gasteiger partial charge is 0.339 e. The molecule has 1 aromatic rings. The fourth-order valence-corrected chi connectivity index (χ4v) is 4.73. The Kier molecular flexibility index (Phi) is 10.4. The molecule has 0 aliphatic carbocycles. The van der Waals surface area contributed by atoms with Gasteiger partial charge in [0.15, 0.2) is 0 Å². The van der Waals surface area contributed by atoms with Gasteiger partial charge in [0.2, 0.25) is 11.8 Å². The minimum atomic E-state index is -1.20. The van der Waals surface area contributed by atoms with E-state index >= 15 is 0 Å². The zero-order chi connectivity index (χ0) is 26.2. The standard InChI is InChI=1S/C25H31BrN4O4S/c1-6-7-8-21(35-16-26)22(32)28-25(4,5)24(34)27-19-9-10-20(17(2)15-19)23(33)30-13-11-29(12-14-30)18(3)31/h1,8-10,15H,7,11-14,16H2,2-5H3,(H,27,34)(H,28,32)/b21-8-. The molecule has 0 spiro atoms. The molecule has 4 amide bonds. The summed E-state index contributed by atoms with van der Waals surface area (Å²) in [5.74, 6) is 1.59. The number of carbonyl (C=O) groups is 4. The van der Waals surface area contributed by atoms with Crippen molar-refractivity contribution in [1.29, 1.82) is 0 Å². The number of anilines is 1. The summed E-state index contributed by atoms with van der Waals surface area (Å²) in [7, 11) is 0. The summed E-state index contributed by atoms with van der Waals surface area (Å²) in [5.41, 5.74) is 0.585. The van der Waals surface area contributed by atoms with Gasteiger partial charge in [0, 0.05) is 50.8 Å². The molecule has 1 aromatic carbocycles. The second-order valence-corrected chi connectivity index (χ2v) is 10.9. The number of nitrogens with one attached hydrogen (secondary N) is 2. The summed E-state index contributed by atoms with van der Waals surface area (Å²) in [6, 6.07) is 5.08. The molecule has 0 radical (unpaired) electrons. The van der Waals surface area contributed by atoms with Gasteiger partial charge in [0.05, 0.1) is 9.57 Å². The zero-order valence-corrected chi connectivity index (χ0v) is 22.8. The van der Waals surface area contributed by atoms with E-state index in [2.05, 4.69) is 32.5 Å². The lowest BCUT2D eigenvalue weighted by molar-refractivity contribution is -0.130. The van der Waals surface area contributed by atoms with Crippen LogP contribution in [0.4, 0.5) is 5.69 Å². The number of alkyl halides is 1. The molecule has 35 heavy (non-hydrogen) atoms. The Labute approximate surface area is 219 Å². The SMILES string of the molecule is C#CC/C=C(\SCBr)C(=O)NC(C)(C)C(=O)Nc1ccc(C(=O)N2CCN(C(C)=O)CC2)c(C)c1. The Morgan fingerprint density at radius 2 is 1.80 bits per heavy atom. The number of rotatable bonds is 8. The van der Waals surface area contributed by atoms with Gasteiger partial charge in [-0.3, -0.25) is 19.2 Å². The molecule has 1 aliphatic rings. The summed E-state index contributed by atoms with van der Waals surface area (Å²) in [6.45, 7) is 8.56. The topological polar surface area (TPSA) is 98.8 Å². The molecule has 0 bridgehead atoms. The van der Waals surface area contributed by atoms with Crippen molar-refractivity contribution in [2.45, 2.75) is 39.7 Å². The van der Waals surface area contributed by atoms with Gasteiger partial charge in [-0.2, -0.15) is 0 Å². The van der Waals surface area contributed by atoms with Gasteiger partial charge >= 0.3 is 0 Å². The highest BCUT2D eigenvalue weighted by molar-refractivity contribution is 9.11. The van der Waals surface area contributed by atoms with Crippen molar-refractivity contribution in [1.82, 2.24) is 15.1 Å². The van der Waals surface area contributed by atoms with Gasteiger partial charge in [-0.15, -0.1) is 24.1 Å². The monoisotopic (exact) mass is 562 g/mol. The molecule has 0 atom stereocenters. The van der Waals surface area contributed by atoms with E-state index < -0.39 is 11.4 Å². The van der Waals surface area contributed by atoms with Crippen LogP contribution >= 0.6 is 27.7 Å². The first kappa shape index (κ1) is 28.5. The molecular formula is C25H31BrN4O4S. The van der Waals surface area contributed by atoms with Crippen LogP contribution in [0.2, 0.25) is 0 Å². The number of hydrogen-bond donors (Lipinski definition) is 2. The molecule has 0 unspecified atom stereocenters. The number of aryl methyl sites for hydroxylation is 1. The molecule has 8 nitrogen and oxygen atoms in total. The highest BCUT2D eigenvalue weighted by Crippen LogP contribution is 2.22. The van der Waals surface area contributed by atoms with Crippen LogP contribution in [0.3, 0.4) is 0 Å². The summed E-state index contributed by atoms with van der Waals surface area (Å²) in [5, 5.41) is 5.57. The maximum absolute atomic E-state index is 13.0. The van der Waals surface area contributed by atoms with Crippen molar-refractivity contribution in [2.24, 2.45) is 0 Å². The van der Waals surface area contributed by atoms with E-state index in [1.165, 1.54) is 18.7 Å². The molecular weight excluding hydrogens is 532 g/mol. The highest BCUT2D eigenvalue weighted by Gasteiger charge is 2.31. The molecule has 1 heterocycles. The Morgan fingerprint density at radius 1 is 1.17 bits per heavy atom. The van der Waals surface area contributed by atoms with Crippen LogP contribution in [0.5, 0.6) is 0 Å². The number of hydrogen-bond acceptors (Lipinski definition) is 5. The van der Waals surface area contributed by atoms with Gasteiger partial charge in [-0.25, -0.2) is 0 Å². The van der Waals surface area contributed by atoms with Gasteiger partial charge in [-0.05, 0) is 44.5 Å². The van der Waals surface area contributed by atoms with Gasteiger partial charge in [0.1, 0.15) is 5.54 Å². The van der Waals surface area contributed by atoms with Crippen LogP contribution in [0.1, 0.15) is 43.1 Å². The maximum atomic E-state index is 13.0. The summed E-state index contributed by atoms with van der Waals surface area (Å²) in [6.07, 6.45) is 7.24. The number of thioether (sulfide) groups is 1. The number of nitrogens with zero attached hydrogens (tertiary/aromatic N) is 2. The third kappa shape index (κ3) is 7.87. The van der Waals surface area contributed by atoms with E-state index in [0.717, 1.165) is 5.56 Å². The fourth-order valence-electron chi connectivity index (χ4n) is 3.49. The predicted octanol–water partition coefficient (Wildman–Crippen LogP) is 3.13. The van der Waals surface area contributed by atoms with Crippen molar-refractivity contribution in [2.75, 3.05) is 36.2 Å². The lowest BCUT2D eigenvalue weighted by atomic mass is 10.0. The normalized spacial score (nSPS) is 14.2. The third-order valence-electron chi connectivity index (χ3n) is 5.56. The Bertz CT molecular complexity index is 1060. The molecule has 2 N–H and O–H groups in total. The lowest BCUT2D eigenvalue weighted by Crippen LogP contribution is -2.52. The Hall–Kier alpha value is -2.77. The Balaban J connectivity index is 2.05. The van der Waals surface area contributed by atoms with Crippen LogP contribution in [0, 0.1) is 19.3 Å². The van der Waals surface area contributed by atoms with Crippen molar-refractivity contribution < 1.29 is 19.2 Å². The average Bonchev–Trinajstić information content (AvgIpc) is 2.81. The zero-order valence-electron chi connectivity index (χ0n) is 20.4. The molecule has 0 aromatic heterocycles.